The van der Waals surface area contributed by atoms with Crippen LogP contribution in [0.15, 0.2) is 84.0 Å². The van der Waals surface area contributed by atoms with Crippen LogP contribution in [-0.4, -0.2) is 18.0 Å². The summed E-state index contributed by atoms with van der Waals surface area (Å²) in [5.41, 5.74) is 1.63. The Morgan fingerprint density at radius 1 is 1.04 bits per heavy atom. The minimum atomic E-state index is -0.401. The van der Waals surface area contributed by atoms with E-state index in [0.29, 0.717) is 11.4 Å². The van der Waals surface area contributed by atoms with Crippen molar-refractivity contribution in [2.24, 2.45) is 0 Å². The lowest BCUT2D eigenvalue weighted by atomic mass is 10.1. The van der Waals surface area contributed by atoms with Gasteiger partial charge >= 0.3 is 0 Å². The van der Waals surface area contributed by atoms with Gasteiger partial charge in [0.2, 0.25) is 5.91 Å². The van der Waals surface area contributed by atoms with Crippen molar-refractivity contribution in [1.29, 1.82) is 0 Å². The van der Waals surface area contributed by atoms with E-state index in [1.165, 1.54) is 11.8 Å². The fraction of sp³-hybridized carbons (Fsp3) is 0.100. The van der Waals surface area contributed by atoms with Crippen LogP contribution in [-0.2, 0) is 4.79 Å². The van der Waals surface area contributed by atoms with E-state index >= 15 is 0 Å². The van der Waals surface area contributed by atoms with Crippen molar-refractivity contribution in [2.75, 3.05) is 12.4 Å². The SMILES string of the molecule is COc1cccc(NC(=O)C(Sc2ccccn2)c2ccccc2)c1. The van der Waals surface area contributed by atoms with E-state index in [1.807, 2.05) is 66.7 Å². The zero-order valence-corrected chi connectivity index (χ0v) is 14.6. The van der Waals surface area contributed by atoms with Crippen molar-refractivity contribution >= 4 is 23.4 Å². The molecule has 1 amide bonds. The summed E-state index contributed by atoms with van der Waals surface area (Å²) < 4.78 is 5.21. The largest absolute Gasteiger partial charge is 0.497 e. The Morgan fingerprint density at radius 3 is 2.56 bits per heavy atom. The third kappa shape index (κ3) is 4.61. The standard InChI is InChI=1S/C20H18N2O2S/c1-24-17-11-7-10-16(14-17)22-20(23)19(15-8-3-2-4-9-15)25-18-12-5-6-13-21-18/h2-14,19H,1H3,(H,22,23). The molecule has 5 heteroatoms. The van der Waals surface area contributed by atoms with Gasteiger partial charge in [0, 0.05) is 18.0 Å². The summed E-state index contributed by atoms with van der Waals surface area (Å²) in [5, 5.41) is 3.37. The molecule has 0 bridgehead atoms. The molecule has 0 spiro atoms. The summed E-state index contributed by atoms with van der Waals surface area (Å²) >= 11 is 1.42. The molecule has 0 aliphatic rings. The predicted octanol–water partition coefficient (Wildman–Crippen LogP) is 4.56. The van der Waals surface area contributed by atoms with Crippen LogP contribution < -0.4 is 10.1 Å². The molecule has 0 aliphatic heterocycles. The molecule has 25 heavy (non-hydrogen) atoms. The van der Waals surface area contributed by atoms with Gasteiger partial charge in [-0.1, -0.05) is 54.2 Å². The highest BCUT2D eigenvalue weighted by molar-refractivity contribution is 8.00. The summed E-state index contributed by atoms with van der Waals surface area (Å²) in [6, 6.07) is 22.7. The molecule has 1 heterocycles. The molecule has 1 N–H and O–H groups in total. The normalized spacial score (nSPS) is 11.6. The maximum atomic E-state index is 12.9. The van der Waals surface area contributed by atoms with Gasteiger partial charge in [-0.25, -0.2) is 4.98 Å². The second-order valence-electron chi connectivity index (χ2n) is 5.30. The first-order valence-corrected chi connectivity index (χ1v) is 8.72. The molecule has 3 aromatic rings. The monoisotopic (exact) mass is 350 g/mol. The van der Waals surface area contributed by atoms with Gasteiger partial charge < -0.3 is 10.1 Å². The molecule has 1 atom stereocenters. The number of rotatable bonds is 6. The van der Waals surface area contributed by atoms with E-state index in [-0.39, 0.29) is 5.91 Å². The van der Waals surface area contributed by atoms with Crippen molar-refractivity contribution < 1.29 is 9.53 Å². The molecule has 0 saturated carbocycles. The highest BCUT2D eigenvalue weighted by Gasteiger charge is 2.22. The molecule has 0 fully saturated rings. The number of hydrogen-bond acceptors (Lipinski definition) is 4. The first-order valence-electron chi connectivity index (χ1n) is 7.84. The minimum Gasteiger partial charge on any atom is -0.497 e. The number of amides is 1. The number of methoxy groups -OCH3 is 1. The molecule has 126 valence electrons. The Balaban J connectivity index is 1.84. The van der Waals surface area contributed by atoms with Crippen LogP contribution in [0.4, 0.5) is 5.69 Å². The van der Waals surface area contributed by atoms with Crippen molar-refractivity contribution in [2.45, 2.75) is 10.3 Å². The number of thioether (sulfide) groups is 1. The molecular formula is C20H18N2O2S. The van der Waals surface area contributed by atoms with Gasteiger partial charge in [-0.2, -0.15) is 0 Å². The van der Waals surface area contributed by atoms with Gasteiger partial charge in [-0.15, -0.1) is 0 Å². The number of nitrogens with one attached hydrogen (secondary N) is 1. The van der Waals surface area contributed by atoms with Crippen LogP contribution in [0.2, 0.25) is 0 Å². The molecule has 0 aliphatic carbocycles. The lowest BCUT2D eigenvalue weighted by Crippen LogP contribution is -2.19. The van der Waals surface area contributed by atoms with Crippen LogP contribution in [0.5, 0.6) is 5.75 Å². The van der Waals surface area contributed by atoms with Gasteiger partial charge in [-0.3, -0.25) is 4.79 Å². The Bertz CT molecular complexity index is 825. The summed E-state index contributed by atoms with van der Waals surface area (Å²) in [4.78, 5) is 17.2. The van der Waals surface area contributed by atoms with Gasteiger partial charge in [0.25, 0.3) is 0 Å². The molecule has 0 radical (unpaired) electrons. The van der Waals surface area contributed by atoms with Crippen molar-refractivity contribution in [1.82, 2.24) is 4.98 Å². The number of pyridine rings is 1. The van der Waals surface area contributed by atoms with Gasteiger partial charge in [0.05, 0.1) is 12.1 Å². The number of nitrogens with zero attached hydrogens (tertiary/aromatic N) is 1. The Hall–Kier alpha value is -2.79. The predicted molar refractivity (Wildman–Crippen MR) is 101 cm³/mol. The van der Waals surface area contributed by atoms with Crippen LogP contribution in [0.25, 0.3) is 0 Å². The fourth-order valence-electron chi connectivity index (χ4n) is 2.35. The van der Waals surface area contributed by atoms with E-state index in [9.17, 15) is 4.79 Å². The Morgan fingerprint density at radius 2 is 1.84 bits per heavy atom. The van der Waals surface area contributed by atoms with Gasteiger partial charge in [-0.05, 0) is 29.8 Å². The summed E-state index contributed by atoms with van der Waals surface area (Å²) in [7, 11) is 1.60. The molecule has 1 aromatic heterocycles. The molecule has 2 aromatic carbocycles. The smallest absolute Gasteiger partial charge is 0.242 e. The van der Waals surface area contributed by atoms with Crippen LogP contribution in [0, 0.1) is 0 Å². The van der Waals surface area contributed by atoms with Crippen LogP contribution in [0.1, 0.15) is 10.8 Å². The first kappa shape index (κ1) is 17.0. The highest BCUT2D eigenvalue weighted by Crippen LogP contribution is 2.35. The number of benzene rings is 2. The average molecular weight is 350 g/mol. The van der Waals surface area contributed by atoms with Gasteiger partial charge in [0.1, 0.15) is 11.0 Å². The van der Waals surface area contributed by atoms with E-state index in [4.69, 9.17) is 4.74 Å². The molecule has 0 saturated heterocycles. The van der Waals surface area contributed by atoms with Crippen LogP contribution >= 0.6 is 11.8 Å². The summed E-state index contributed by atoms with van der Waals surface area (Å²) in [6.45, 7) is 0. The maximum absolute atomic E-state index is 12.9. The number of hydrogen-bond donors (Lipinski definition) is 1. The lowest BCUT2D eigenvalue weighted by molar-refractivity contribution is -0.115. The zero-order chi connectivity index (χ0) is 17.5. The van der Waals surface area contributed by atoms with E-state index in [2.05, 4.69) is 10.3 Å². The second kappa shape index (κ2) is 8.35. The molecule has 3 rings (SSSR count). The van der Waals surface area contributed by atoms with Crippen molar-refractivity contribution in [3.05, 3.63) is 84.6 Å². The van der Waals surface area contributed by atoms with E-state index in [1.54, 1.807) is 19.4 Å². The number of carbonyl (C=O) groups excluding carboxylic acids is 1. The van der Waals surface area contributed by atoms with Crippen molar-refractivity contribution in [3.8, 4) is 5.75 Å². The molecule has 1 unspecified atom stereocenters. The number of anilines is 1. The van der Waals surface area contributed by atoms with Gasteiger partial charge in [0.15, 0.2) is 0 Å². The van der Waals surface area contributed by atoms with E-state index < -0.39 is 5.25 Å². The number of ether oxygens (including phenoxy) is 1. The first-order chi connectivity index (χ1) is 12.3. The topological polar surface area (TPSA) is 51.2 Å². The Labute approximate surface area is 151 Å². The number of aromatic nitrogens is 1. The Kier molecular flexibility index (Phi) is 5.69. The van der Waals surface area contributed by atoms with E-state index in [0.717, 1.165) is 10.6 Å². The third-order valence-electron chi connectivity index (χ3n) is 3.55. The van der Waals surface area contributed by atoms with Crippen LogP contribution in [0.3, 0.4) is 0 Å². The van der Waals surface area contributed by atoms with Crippen molar-refractivity contribution in [3.63, 3.8) is 0 Å². The quantitative estimate of drug-likeness (QED) is 0.662. The fourth-order valence-corrected chi connectivity index (χ4v) is 3.33. The minimum absolute atomic E-state index is 0.102. The average Bonchev–Trinajstić information content (AvgIpc) is 2.67. The molecule has 4 nitrogen and oxygen atoms in total. The summed E-state index contributed by atoms with van der Waals surface area (Å²) in [5.74, 6) is 0.599. The lowest BCUT2D eigenvalue weighted by Gasteiger charge is -2.17. The summed E-state index contributed by atoms with van der Waals surface area (Å²) in [6.07, 6.45) is 1.73. The number of carbonyl (C=O) groups is 1. The highest BCUT2D eigenvalue weighted by atomic mass is 32.2. The maximum Gasteiger partial charge on any atom is 0.242 e. The molecular weight excluding hydrogens is 332 g/mol. The zero-order valence-electron chi connectivity index (χ0n) is 13.8. The third-order valence-corrected chi connectivity index (χ3v) is 4.76. The second-order valence-corrected chi connectivity index (χ2v) is 6.42.